The van der Waals surface area contributed by atoms with Crippen LogP contribution in [0.25, 0.3) is 0 Å². The number of unbranched alkanes of at least 4 members (excludes halogenated alkanes) is 2. The number of carbonyl (C=O) groups excluding carboxylic acids is 4. The molecule has 0 saturated heterocycles. The lowest BCUT2D eigenvalue weighted by Crippen LogP contribution is -2.05. The number of ether oxygens (including phenoxy) is 4. The normalized spacial score (nSPS) is 9.20. The second-order valence-corrected chi connectivity index (χ2v) is 7.43. The van der Waals surface area contributed by atoms with Gasteiger partial charge in [-0.25, -0.2) is 19.2 Å². The SMILES string of the molecule is COC(=O)c1ccc(C(=O)OC)cc1.COC(=O)c1cccc(C(=O)OC)c1.OCCCCO.OCCCCO. The van der Waals surface area contributed by atoms with E-state index in [0.717, 1.165) is 25.7 Å². The van der Waals surface area contributed by atoms with E-state index >= 15 is 0 Å². The van der Waals surface area contributed by atoms with Crippen molar-refractivity contribution in [2.45, 2.75) is 25.7 Å². The lowest BCUT2D eigenvalue weighted by atomic mass is 10.1. The van der Waals surface area contributed by atoms with Gasteiger partial charge in [0.2, 0.25) is 0 Å². The molecule has 0 unspecified atom stereocenters. The summed E-state index contributed by atoms with van der Waals surface area (Å²) >= 11 is 0. The first-order chi connectivity index (χ1) is 19.2. The van der Waals surface area contributed by atoms with Crippen molar-refractivity contribution in [2.24, 2.45) is 0 Å². The lowest BCUT2D eigenvalue weighted by molar-refractivity contribution is 0.0586. The third-order valence-electron chi connectivity index (χ3n) is 4.56. The van der Waals surface area contributed by atoms with E-state index in [0.29, 0.717) is 22.3 Å². The molecule has 0 aliphatic rings. The molecule has 40 heavy (non-hydrogen) atoms. The number of carbonyl (C=O) groups is 4. The quantitative estimate of drug-likeness (QED) is 0.186. The Kier molecular flexibility index (Phi) is 24.4. The van der Waals surface area contributed by atoms with Gasteiger partial charge in [-0.15, -0.1) is 0 Å². The largest absolute Gasteiger partial charge is 0.465 e. The fraction of sp³-hybridized carbons (Fsp3) is 0.429. The van der Waals surface area contributed by atoms with Crippen LogP contribution in [0.4, 0.5) is 0 Å². The average molecular weight is 569 g/mol. The molecule has 4 N–H and O–H groups in total. The fourth-order valence-electron chi connectivity index (χ4n) is 2.43. The average Bonchev–Trinajstić information content (AvgIpc) is 3.02. The van der Waals surface area contributed by atoms with Crippen LogP contribution in [0.15, 0.2) is 48.5 Å². The molecular formula is C28H40O12. The Morgan fingerprint density at radius 2 is 0.725 bits per heavy atom. The summed E-state index contributed by atoms with van der Waals surface area (Å²) in [6, 6.07) is 12.2. The van der Waals surface area contributed by atoms with E-state index in [1.807, 2.05) is 0 Å². The topological polar surface area (TPSA) is 186 Å². The number of aliphatic hydroxyl groups is 4. The Hall–Kier alpha value is -3.84. The van der Waals surface area contributed by atoms with Gasteiger partial charge in [0.25, 0.3) is 0 Å². The van der Waals surface area contributed by atoms with Gasteiger partial charge in [-0.2, -0.15) is 0 Å². The van der Waals surface area contributed by atoms with E-state index in [-0.39, 0.29) is 26.4 Å². The van der Waals surface area contributed by atoms with Crippen molar-refractivity contribution in [1.29, 1.82) is 0 Å². The predicted molar refractivity (Wildman–Crippen MR) is 145 cm³/mol. The first-order valence-electron chi connectivity index (χ1n) is 12.2. The molecule has 12 nitrogen and oxygen atoms in total. The molecule has 2 rings (SSSR count). The van der Waals surface area contributed by atoms with Gasteiger partial charge in [0.15, 0.2) is 0 Å². The van der Waals surface area contributed by atoms with Crippen LogP contribution in [0, 0.1) is 0 Å². The highest BCUT2D eigenvalue weighted by Crippen LogP contribution is 2.08. The summed E-state index contributed by atoms with van der Waals surface area (Å²) in [6.45, 7) is 0.780. The minimum atomic E-state index is -0.476. The van der Waals surface area contributed by atoms with Crippen molar-refractivity contribution in [3.63, 3.8) is 0 Å². The number of aliphatic hydroxyl groups excluding tert-OH is 4. The Morgan fingerprint density at radius 1 is 0.475 bits per heavy atom. The van der Waals surface area contributed by atoms with E-state index in [1.54, 1.807) is 18.2 Å². The summed E-state index contributed by atoms with van der Waals surface area (Å²) in [5.74, 6) is -1.81. The first-order valence-corrected chi connectivity index (χ1v) is 12.2. The van der Waals surface area contributed by atoms with Crippen molar-refractivity contribution in [1.82, 2.24) is 0 Å². The van der Waals surface area contributed by atoms with Gasteiger partial charge in [-0.3, -0.25) is 0 Å². The van der Waals surface area contributed by atoms with E-state index in [2.05, 4.69) is 18.9 Å². The van der Waals surface area contributed by atoms with E-state index in [9.17, 15) is 19.2 Å². The molecule has 12 heteroatoms. The third kappa shape index (κ3) is 17.6. The van der Waals surface area contributed by atoms with E-state index in [1.165, 1.54) is 58.8 Å². The molecule has 0 spiro atoms. The van der Waals surface area contributed by atoms with Crippen LogP contribution >= 0.6 is 0 Å². The number of esters is 4. The van der Waals surface area contributed by atoms with E-state index < -0.39 is 23.9 Å². The van der Waals surface area contributed by atoms with Crippen LogP contribution in [0.2, 0.25) is 0 Å². The fourth-order valence-corrected chi connectivity index (χ4v) is 2.43. The maximum atomic E-state index is 11.1. The molecule has 0 radical (unpaired) electrons. The smallest absolute Gasteiger partial charge is 0.337 e. The molecule has 0 atom stereocenters. The minimum Gasteiger partial charge on any atom is -0.465 e. The Labute approximate surface area is 234 Å². The number of benzene rings is 2. The van der Waals surface area contributed by atoms with Crippen molar-refractivity contribution >= 4 is 23.9 Å². The number of rotatable bonds is 10. The maximum absolute atomic E-state index is 11.1. The van der Waals surface area contributed by atoms with Gasteiger partial charge in [0.05, 0.1) is 50.7 Å². The molecule has 0 aromatic heterocycles. The van der Waals surface area contributed by atoms with Gasteiger partial charge < -0.3 is 39.4 Å². The first kappa shape index (κ1) is 38.3. The van der Waals surface area contributed by atoms with Gasteiger partial charge in [-0.05, 0) is 68.1 Å². The molecule has 2 aromatic carbocycles. The Balaban J connectivity index is 0. The standard InChI is InChI=1S/2C10H10O4.2C4H10O2/c1-13-9(11)7-3-5-8(6-4-7)10(12)14-2;1-13-9(11)7-4-3-5-8(6-7)10(12)14-2;2*5-3-1-2-4-6/h2*3-6H,1-2H3;2*5-6H,1-4H2. The Morgan fingerprint density at radius 3 is 0.950 bits per heavy atom. The molecule has 0 amide bonds. The summed E-state index contributed by atoms with van der Waals surface area (Å²) in [5, 5.41) is 32.3. The monoisotopic (exact) mass is 568 g/mol. The molecule has 224 valence electrons. The summed E-state index contributed by atoms with van der Waals surface area (Å²) < 4.78 is 18.0. The summed E-state index contributed by atoms with van der Waals surface area (Å²) in [7, 11) is 5.17. The molecule has 0 aliphatic heterocycles. The number of methoxy groups -OCH3 is 4. The minimum absolute atomic E-state index is 0.195. The molecule has 0 bridgehead atoms. The molecule has 0 aliphatic carbocycles. The predicted octanol–water partition coefficient (Wildman–Crippen LogP) is 2.02. The zero-order chi connectivity index (χ0) is 30.8. The highest BCUT2D eigenvalue weighted by molar-refractivity contribution is 5.95. The lowest BCUT2D eigenvalue weighted by Gasteiger charge is -2.01. The Bertz CT molecular complexity index is 891. The van der Waals surface area contributed by atoms with Gasteiger partial charge in [-0.1, -0.05) is 6.07 Å². The van der Waals surface area contributed by atoms with Gasteiger partial charge >= 0.3 is 23.9 Å². The van der Waals surface area contributed by atoms with Crippen LogP contribution in [0.5, 0.6) is 0 Å². The zero-order valence-corrected chi connectivity index (χ0v) is 23.3. The van der Waals surface area contributed by atoms with Crippen LogP contribution in [-0.2, 0) is 18.9 Å². The van der Waals surface area contributed by atoms with Crippen LogP contribution in [-0.4, -0.2) is 99.2 Å². The second-order valence-electron chi connectivity index (χ2n) is 7.43. The molecule has 0 heterocycles. The van der Waals surface area contributed by atoms with Gasteiger partial charge in [0.1, 0.15) is 0 Å². The maximum Gasteiger partial charge on any atom is 0.337 e. The van der Waals surface area contributed by atoms with E-state index in [4.69, 9.17) is 20.4 Å². The molecule has 0 saturated carbocycles. The highest BCUT2D eigenvalue weighted by atomic mass is 16.5. The number of hydrogen-bond acceptors (Lipinski definition) is 12. The molecular weight excluding hydrogens is 528 g/mol. The zero-order valence-electron chi connectivity index (χ0n) is 23.3. The van der Waals surface area contributed by atoms with Crippen LogP contribution in [0.1, 0.15) is 67.1 Å². The van der Waals surface area contributed by atoms with Crippen molar-refractivity contribution in [3.05, 3.63) is 70.8 Å². The summed E-state index contributed by atoms with van der Waals surface area (Å²) in [4.78, 5) is 44.3. The van der Waals surface area contributed by atoms with Crippen LogP contribution in [0.3, 0.4) is 0 Å². The van der Waals surface area contributed by atoms with Crippen molar-refractivity contribution in [2.75, 3.05) is 54.9 Å². The second kappa shape index (κ2) is 25.4. The summed E-state index contributed by atoms with van der Waals surface area (Å²) in [6.07, 6.45) is 2.88. The summed E-state index contributed by atoms with van der Waals surface area (Å²) in [5.41, 5.74) is 1.46. The van der Waals surface area contributed by atoms with Gasteiger partial charge in [0, 0.05) is 26.4 Å². The molecule has 0 fully saturated rings. The van der Waals surface area contributed by atoms with Crippen LogP contribution < -0.4 is 0 Å². The number of hydrogen-bond donors (Lipinski definition) is 4. The molecule has 2 aromatic rings. The highest BCUT2D eigenvalue weighted by Gasteiger charge is 2.10. The third-order valence-corrected chi connectivity index (χ3v) is 4.56. The van der Waals surface area contributed by atoms with Crippen molar-refractivity contribution in [3.8, 4) is 0 Å². The van der Waals surface area contributed by atoms with Crippen molar-refractivity contribution < 1.29 is 58.6 Å².